The Morgan fingerprint density at radius 1 is 1.23 bits per heavy atom. The van der Waals surface area contributed by atoms with Crippen LogP contribution in [0.15, 0.2) is 24.3 Å². The van der Waals surface area contributed by atoms with Crippen molar-refractivity contribution in [1.82, 2.24) is 5.32 Å². The predicted molar refractivity (Wildman–Crippen MR) is 88.8 cm³/mol. The van der Waals surface area contributed by atoms with Gasteiger partial charge in [0.2, 0.25) is 5.91 Å². The van der Waals surface area contributed by atoms with Crippen LogP contribution in [-0.4, -0.2) is 18.0 Å². The lowest BCUT2D eigenvalue weighted by atomic mass is 10.0. The Morgan fingerprint density at radius 2 is 1.86 bits per heavy atom. The maximum atomic E-state index is 12.2. The highest BCUT2D eigenvalue weighted by Crippen LogP contribution is 2.25. The van der Waals surface area contributed by atoms with Gasteiger partial charge in [-0.1, -0.05) is 18.6 Å². The summed E-state index contributed by atoms with van der Waals surface area (Å²) in [4.78, 5) is 22.9. The number of halogens is 1. The number of carbonyl (C=O) groups excluding carboxylic acids is 2. The summed E-state index contributed by atoms with van der Waals surface area (Å²) < 4.78 is 0. The minimum absolute atomic E-state index is 0. The van der Waals surface area contributed by atoms with Crippen molar-refractivity contribution in [3.05, 3.63) is 29.8 Å². The largest absolute Gasteiger partial charge is 0.351 e. The van der Waals surface area contributed by atoms with Gasteiger partial charge in [-0.15, -0.1) is 12.4 Å². The summed E-state index contributed by atoms with van der Waals surface area (Å²) in [7, 11) is 0. The second kappa shape index (κ2) is 8.00. The molecule has 0 saturated heterocycles. The number of amides is 3. The van der Waals surface area contributed by atoms with Crippen LogP contribution in [0.25, 0.3) is 0 Å². The smallest absolute Gasteiger partial charge is 0.316 e. The van der Waals surface area contributed by atoms with Crippen molar-refractivity contribution in [3.8, 4) is 0 Å². The molecule has 122 valence electrons. The monoisotopic (exact) mass is 326 g/mol. The Kier molecular flexibility index (Phi) is 6.64. The van der Waals surface area contributed by atoms with Gasteiger partial charge in [-0.2, -0.15) is 0 Å². The zero-order chi connectivity index (χ0) is 15.4. The molecular formula is C15H23ClN4O2. The number of rotatable bonds is 4. The summed E-state index contributed by atoms with van der Waals surface area (Å²) in [6.45, 7) is 1.93. The van der Waals surface area contributed by atoms with Gasteiger partial charge >= 0.3 is 6.03 Å². The van der Waals surface area contributed by atoms with Crippen LogP contribution in [0.1, 0.15) is 37.8 Å². The van der Waals surface area contributed by atoms with Crippen molar-refractivity contribution in [2.24, 2.45) is 17.4 Å². The van der Waals surface area contributed by atoms with E-state index in [4.69, 9.17) is 11.5 Å². The van der Waals surface area contributed by atoms with Crippen molar-refractivity contribution in [3.63, 3.8) is 0 Å². The molecule has 7 heteroatoms. The molecule has 6 nitrogen and oxygen atoms in total. The second-order valence-corrected chi connectivity index (χ2v) is 5.54. The van der Waals surface area contributed by atoms with Crippen LogP contribution >= 0.6 is 12.4 Å². The van der Waals surface area contributed by atoms with Crippen LogP contribution in [0.3, 0.4) is 0 Å². The number of hydrogen-bond acceptors (Lipinski definition) is 3. The van der Waals surface area contributed by atoms with Crippen molar-refractivity contribution in [2.75, 3.05) is 5.32 Å². The quantitative estimate of drug-likeness (QED) is 0.678. The van der Waals surface area contributed by atoms with Crippen LogP contribution < -0.4 is 22.1 Å². The number of hydrogen-bond donors (Lipinski definition) is 4. The summed E-state index contributed by atoms with van der Waals surface area (Å²) in [5.74, 6) is -0.0601. The first-order valence-corrected chi connectivity index (χ1v) is 7.19. The molecule has 6 N–H and O–H groups in total. The molecule has 1 aliphatic carbocycles. The first-order chi connectivity index (χ1) is 9.97. The summed E-state index contributed by atoms with van der Waals surface area (Å²) in [6, 6.07) is 6.48. The lowest BCUT2D eigenvalue weighted by Gasteiger charge is -2.20. The maximum absolute atomic E-state index is 12.2. The van der Waals surface area contributed by atoms with E-state index in [0.717, 1.165) is 24.8 Å². The second-order valence-electron chi connectivity index (χ2n) is 5.54. The molecule has 0 heterocycles. The predicted octanol–water partition coefficient (Wildman–Crippen LogP) is 1.90. The minimum Gasteiger partial charge on any atom is -0.351 e. The molecule has 1 fully saturated rings. The molecule has 1 saturated carbocycles. The Balaban J connectivity index is 0.00000242. The Labute approximate surface area is 136 Å². The Bertz CT molecular complexity index is 521. The molecule has 0 bridgehead atoms. The van der Waals surface area contributed by atoms with E-state index in [9.17, 15) is 9.59 Å². The molecule has 2 rings (SSSR count). The fourth-order valence-corrected chi connectivity index (χ4v) is 2.72. The van der Waals surface area contributed by atoms with Crippen LogP contribution in [-0.2, 0) is 4.79 Å². The highest BCUT2D eigenvalue weighted by Gasteiger charge is 2.30. The fraction of sp³-hybridized carbons (Fsp3) is 0.467. The van der Waals surface area contributed by atoms with E-state index < -0.39 is 6.03 Å². The van der Waals surface area contributed by atoms with Gasteiger partial charge in [0.25, 0.3) is 0 Å². The van der Waals surface area contributed by atoms with Crippen molar-refractivity contribution < 1.29 is 9.59 Å². The normalized spacial score (nSPS) is 21.5. The Morgan fingerprint density at radius 3 is 2.36 bits per heavy atom. The highest BCUT2D eigenvalue weighted by atomic mass is 35.5. The lowest BCUT2D eigenvalue weighted by molar-refractivity contribution is -0.125. The number of primary amides is 1. The van der Waals surface area contributed by atoms with Crippen molar-refractivity contribution >= 4 is 30.0 Å². The summed E-state index contributed by atoms with van der Waals surface area (Å²) in [5, 5.41) is 5.50. The van der Waals surface area contributed by atoms with Gasteiger partial charge in [0.05, 0.1) is 12.0 Å². The number of nitrogens with two attached hydrogens (primary N) is 2. The van der Waals surface area contributed by atoms with Gasteiger partial charge in [0.1, 0.15) is 0 Å². The van der Waals surface area contributed by atoms with E-state index in [1.807, 2.05) is 19.1 Å². The molecule has 0 aromatic heterocycles. The lowest BCUT2D eigenvalue weighted by Crippen LogP contribution is -2.39. The molecule has 3 amide bonds. The molecule has 0 aliphatic heterocycles. The number of benzene rings is 1. The summed E-state index contributed by atoms with van der Waals surface area (Å²) in [6.07, 6.45) is 2.79. The van der Waals surface area contributed by atoms with E-state index in [1.165, 1.54) is 0 Å². The molecule has 3 unspecified atom stereocenters. The van der Waals surface area contributed by atoms with E-state index in [2.05, 4.69) is 10.6 Å². The van der Waals surface area contributed by atoms with Gasteiger partial charge in [-0.3, -0.25) is 4.79 Å². The van der Waals surface area contributed by atoms with E-state index in [0.29, 0.717) is 5.69 Å². The first-order valence-electron chi connectivity index (χ1n) is 7.19. The third-order valence-corrected chi connectivity index (χ3v) is 3.94. The molecule has 0 radical (unpaired) electrons. The molecule has 22 heavy (non-hydrogen) atoms. The number of nitrogens with one attached hydrogen (secondary N) is 2. The average molecular weight is 327 g/mol. The van der Waals surface area contributed by atoms with Crippen LogP contribution in [0, 0.1) is 5.92 Å². The third-order valence-electron chi connectivity index (χ3n) is 3.94. The minimum atomic E-state index is -0.598. The maximum Gasteiger partial charge on any atom is 0.316 e. The van der Waals surface area contributed by atoms with Crippen LogP contribution in [0.4, 0.5) is 10.5 Å². The standard InChI is InChI=1S/C15H22N4O2.ClH/c1-9(18-14(20)12-3-2-4-13(12)16)10-5-7-11(8-6-10)19-15(17)21;/h5-9,12-13H,2-4,16H2,1H3,(H,18,20)(H3,17,19,21);1H. The zero-order valence-electron chi connectivity index (χ0n) is 12.5. The van der Waals surface area contributed by atoms with Crippen LogP contribution in [0.2, 0.25) is 0 Å². The van der Waals surface area contributed by atoms with Gasteiger partial charge in [-0.05, 0) is 37.5 Å². The number of carbonyl (C=O) groups is 2. The first kappa shape index (κ1) is 18.3. The number of urea groups is 1. The number of anilines is 1. The highest BCUT2D eigenvalue weighted by molar-refractivity contribution is 5.87. The van der Waals surface area contributed by atoms with E-state index >= 15 is 0 Å². The molecule has 1 aliphatic rings. The van der Waals surface area contributed by atoms with Gasteiger partial charge in [0.15, 0.2) is 0 Å². The third kappa shape index (κ3) is 4.61. The average Bonchev–Trinajstić information content (AvgIpc) is 2.85. The molecule has 1 aromatic carbocycles. The summed E-state index contributed by atoms with van der Waals surface area (Å²) in [5.41, 5.74) is 12.6. The van der Waals surface area contributed by atoms with Crippen molar-refractivity contribution in [1.29, 1.82) is 0 Å². The van der Waals surface area contributed by atoms with Gasteiger partial charge in [-0.25, -0.2) is 4.79 Å². The summed E-state index contributed by atoms with van der Waals surface area (Å²) >= 11 is 0. The van der Waals surface area contributed by atoms with E-state index in [1.54, 1.807) is 12.1 Å². The van der Waals surface area contributed by atoms with Gasteiger partial charge < -0.3 is 22.1 Å². The van der Waals surface area contributed by atoms with Crippen LogP contribution in [0.5, 0.6) is 0 Å². The topological polar surface area (TPSA) is 110 Å². The van der Waals surface area contributed by atoms with Crippen molar-refractivity contribution in [2.45, 2.75) is 38.3 Å². The Hall–Kier alpha value is -1.79. The SMILES string of the molecule is CC(NC(=O)C1CCCC1N)c1ccc(NC(N)=O)cc1.Cl. The molecule has 0 spiro atoms. The fourth-order valence-electron chi connectivity index (χ4n) is 2.72. The van der Waals surface area contributed by atoms with Gasteiger partial charge in [0, 0.05) is 11.7 Å². The van der Waals surface area contributed by atoms with E-state index in [-0.39, 0.29) is 36.3 Å². The molecular weight excluding hydrogens is 304 g/mol. The molecule has 1 aromatic rings. The zero-order valence-corrected chi connectivity index (χ0v) is 13.4. The molecule has 3 atom stereocenters.